The molecule has 0 unspecified atom stereocenters. The lowest BCUT2D eigenvalue weighted by Gasteiger charge is -2.10. The zero-order chi connectivity index (χ0) is 22.2. The monoisotopic (exact) mass is 429 g/mol. The first-order valence-electron chi connectivity index (χ1n) is 9.23. The minimum atomic E-state index is -0.358. The van der Waals surface area contributed by atoms with Crippen LogP contribution < -0.4 is 29.0 Å². The Labute approximate surface area is 179 Å². The van der Waals surface area contributed by atoms with Crippen LogP contribution in [0.3, 0.4) is 0 Å². The Morgan fingerprint density at radius 1 is 0.903 bits per heavy atom. The molecule has 0 spiro atoms. The van der Waals surface area contributed by atoms with Crippen molar-refractivity contribution < 1.29 is 33.0 Å². The molecule has 0 aliphatic carbocycles. The number of ether oxygens (including phenoxy) is 5. The van der Waals surface area contributed by atoms with Gasteiger partial charge in [0, 0.05) is 24.3 Å². The van der Waals surface area contributed by atoms with Gasteiger partial charge in [0.05, 0.1) is 40.5 Å². The standard InChI is InChI=1S/C21H23N3O7/c1-26-13-5-6-17(18(10-13)29-4)21-23-20(31-24-21)11-22-19(25)12-30-16-8-14(27-2)7-15(9-16)28-3/h5-10H,11-12H2,1-4H3,(H,22,25). The molecule has 31 heavy (non-hydrogen) atoms. The summed E-state index contributed by atoms with van der Waals surface area (Å²) in [5, 5.41) is 6.61. The number of aromatic nitrogens is 2. The van der Waals surface area contributed by atoms with Gasteiger partial charge < -0.3 is 33.5 Å². The van der Waals surface area contributed by atoms with Crippen molar-refractivity contribution in [3.8, 4) is 40.1 Å². The van der Waals surface area contributed by atoms with E-state index in [-0.39, 0.29) is 24.9 Å². The second kappa shape index (κ2) is 10.2. The molecule has 164 valence electrons. The molecule has 3 rings (SSSR count). The molecule has 2 aromatic carbocycles. The summed E-state index contributed by atoms with van der Waals surface area (Å²) in [6.07, 6.45) is 0. The number of amides is 1. The van der Waals surface area contributed by atoms with E-state index in [1.807, 2.05) is 0 Å². The fourth-order valence-electron chi connectivity index (χ4n) is 2.66. The summed E-state index contributed by atoms with van der Waals surface area (Å²) in [4.78, 5) is 16.4. The molecule has 3 aromatic rings. The van der Waals surface area contributed by atoms with Gasteiger partial charge in [0.25, 0.3) is 5.91 Å². The summed E-state index contributed by atoms with van der Waals surface area (Å²) in [5.74, 6) is 2.96. The quantitative estimate of drug-likeness (QED) is 0.519. The molecule has 1 amide bonds. The molecule has 0 saturated heterocycles. The van der Waals surface area contributed by atoms with Crippen molar-refractivity contribution in [3.05, 3.63) is 42.3 Å². The second-order valence-corrected chi connectivity index (χ2v) is 6.19. The van der Waals surface area contributed by atoms with Gasteiger partial charge in [-0.25, -0.2) is 0 Å². The molecule has 0 aliphatic rings. The van der Waals surface area contributed by atoms with E-state index in [2.05, 4.69) is 15.5 Å². The van der Waals surface area contributed by atoms with Crippen molar-refractivity contribution in [2.75, 3.05) is 35.0 Å². The van der Waals surface area contributed by atoms with Crippen LogP contribution in [0, 0.1) is 0 Å². The highest BCUT2D eigenvalue weighted by Crippen LogP contribution is 2.31. The number of nitrogens with one attached hydrogen (secondary N) is 1. The maximum atomic E-state index is 12.1. The molecule has 0 aliphatic heterocycles. The molecule has 0 saturated carbocycles. The number of rotatable bonds is 10. The molecule has 0 atom stereocenters. The van der Waals surface area contributed by atoms with E-state index in [0.717, 1.165) is 0 Å². The fraction of sp³-hybridized carbons (Fsp3) is 0.286. The zero-order valence-corrected chi connectivity index (χ0v) is 17.6. The van der Waals surface area contributed by atoms with Crippen molar-refractivity contribution in [1.82, 2.24) is 15.5 Å². The van der Waals surface area contributed by atoms with Crippen LogP contribution in [0.15, 0.2) is 40.9 Å². The van der Waals surface area contributed by atoms with E-state index < -0.39 is 0 Å². The predicted octanol–water partition coefficient (Wildman–Crippen LogP) is 2.47. The van der Waals surface area contributed by atoms with Gasteiger partial charge in [-0.2, -0.15) is 4.98 Å². The number of nitrogens with zero attached hydrogens (tertiary/aromatic N) is 2. The highest BCUT2D eigenvalue weighted by Gasteiger charge is 2.15. The van der Waals surface area contributed by atoms with Gasteiger partial charge in [-0.1, -0.05) is 5.16 Å². The van der Waals surface area contributed by atoms with Gasteiger partial charge in [0.15, 0.2) is 6.61 Å². The van der Waals surface area contributed by atoms with Crippen LogP contribution in [-0.2, 0) is 11.3 Å². The third-order valence-electron chi connectivity index (χ3n) is 4.25. The number of carbonyl (C=O) groups excluding carboxylic acids is 1. The lowest BCUT2D eigenvalue weighted by atomic mass is 10.2. The Bertz CT molecular complexity index is 1010. The number of benzene rings is 2. The molecular weight excluding hydrogens is 406 g/mol. The van der Waals surface area contributed by atoms with Crippen molar-refractivity contribution in [3.63, 3.8) is 0 Å². The van der Waals surface area contributed by atoms with Gasteiger partial charge in [0.1, 0.15) is 28.7 Å². The third-order valence-corrected chi connectivity index (χ3v) is 4.25. The maximum Gasteiger partial charge on any atom is 0.258 e. The van der Waals surface area contributed by atoms with Crippen molar-refractivity contribution in [2.24, 2.45) is 0 Å². The predicted molar refractivity (Wildman–Crippen MR) is 110 cm³/mol. The summed E-state index contributed by atoms with van der Waals surface area (Å²) in [6, 6.07) is 10.3. The first-order chi connectivity index (χ1) is 15.1. The van der Waals surface area contributed by atoms with E-state index in [9.17, 15) is 4.79 Å². The topological polar surface area (TPSA) is 114 Å². The van der Waals surface area contributed by atoms with Gasteiger partial charge in [-0.15, -0.1) is 0 Å². The number of carbonyl (C=O) groups is 1. The first-order valence-corrected chi connectivity index (χ1v) is 9.23. The summed E-state index contributed by atoms with van der Waals surface area (Å²) in [6.45, 7) is -0.154. The van der Waals surface area contributed by atoms with Gasteiger partial charge >= 0.3 is 0 Å². The molecule has 0 bridgehead atoms. The van der Waals surface area contributed by atoms with Crippen molar-refractivity contribution >= 4 is 5.91 Å². The minimum Gasteiger partial charge on any atom is -0.497 e. The Balaban J connectivity index is 1.57. The number of hydrogen-bond donors (Lipinski definition) is 1. The lowest BCUT2D eigenvalue weighted by molar-refractivity contribution is -0.123. The summed E-state index contributed by atoms with van der Waals surface area (Å²) in [7, 11) is 6.17. The zero-order valence-electron chi connectivity index (χ0n) is 17.6. The molecule has 1 aromatic heterocycles. The molecule has 1 heterocycles. The molecule has 0 fully saturated rings. The van der Waals surface area contributed by atoms with E-state index >= 15 is 0 Å². The Hall–Kier alpha value is -3.95. The second-order valence-electron chi connectivity index (χ2n) is 6.19. The summed E-state index contributed by atoms with van der Waals surface area (Å²) >= 11 is 0. The van der Waals surface area contributed by atoms with E-state index in [1.165, 1.54) is 21.3 Å². The Morgan fingerprint density at radius 2 is 1.58 bits per heavy atom. The summed E-state index contributed by atoms with van der Waals surface area (Å²) < 4.78 is 31.6. The van der Waals surface area contributed by atoms with E-state index in [1.54, 1.807) is 43.5 Å². The lowest BCUT2D eigenvalue weighted by Crippen LogP contribution is -2.28. The fourth-order valence-corrected chi connectivity index (χ4v) is 2.66. The molecular formula is C21H23N3O7. The number of hydrogen-bond acceptors (Lipinski definition) is 9. The normalized spacial score (nSPS) is 10.3. The third kappa shape index (κ3) is 5.56. The Morgan fingerprint density at radius 3 is 2.23 bits per heavy atom. The molecule has 1 N–H and O–H groups in total. The average molecular weight is 429 g/mol. The van der Waals surface area contributed by atoms with Crippen LogP contribution in [0.25, 0.3) is 11.4 Å². The minimum absolute atomic E-state index is 0.0507. The first kappa shape index (κ1) is 21.8. The smallest absolute Gasteiger partial charge is 0.258 e. The summed E-state index contributed by atoms with van der Waals surface area (Å²) in [5.41, 5.74) is 0.639. The largest absolute Gasteiger partial charge is 0.497 e. The van der Waals surface area contributed by atoms with Crippen LogP contribution in [0.1, 0.15) is 5.89 Å². The highest BCUT2D eigenvalue weighted by atomic mass is 16.5. The average Bonchev–Trinajstić information content (AvgIpc) is 3.29. The number of methoxy groups -OCH3 is 4. The van der Waals surface area contributed by atoms with Gasteiger partial charge in [-0.05, 0) is 12.1 Å². The van der Waals surface area contributed by atoms with Crippen LogP contribution in [-0.4, -0.2) is 51.1 Å². The van der Waals surface area contributed by atoms with Gasteiger partial charge in [0.2, 0.25) is 11.7 Å². The SMILES string of the molecule is COc1cc(OC)cc(OCC(=O)NCc2nc(-c3ccc(OC)cc3OC)no2)c1. The van der Waals surface area contributed by atoms with Gasteiger partial charge in [-0.3, -0.25) is 4.79 Å². The highest BCUT2D eigenvalue weighted by molar-refractivity contribution is 5.77. The van der Waals surface area contributed by atoms with Crippen LogP contribution in [0.2, 0.25) is 0 Å². The van der Waals surface area contributed by atoms with Crippen LogP contribution in [0.5, 0.6) is 28.7 Å². The molecule has 0 radical (unpaired) electrons. The van der Waals surface area contributed by atoms with Crippen LogP contribution >= 0.6 is 0 Å². The maximum absolute atomic E-state index is 12.1. The molecule has 10 nitrogen and oxygen atoms in total. The van der Waals surface area contributed by atoms with Crippen LogP contribution in [0.4, 0.5) is 0 Å². The molecule has 10 heteroatoms. The van der Waals surface area contributed by atoms with E-state index in [0.29, 0.717) is 40.1 Å². The van der Waals surface area contributed by atoms with Crippen molar-refractivity contribution in [2.45, 2.75) is 6.54 Å². The van der Waals surface area contributed by atoms with Crippen molar-refractivity contribution in [1.29, 1.82) is 0 Å². The Kier molecular flexibility index (Phi) is 7.15. The van der Waals surface area contributed by atoms with E-state index in [4.69, 9.17) is 28.2 Å².